The van der Waals surface area contributed by atoms with Gasteiger partial charge in [0.1, 0.15) is 0 Å². The van der Waals surface area contributed by atoms with Gasteiger partial charge in [0.25, 0.3) is 5.91 Å². The Bertz CT molecular complexity index is 460. The van der Waals surface area contributed by atoms with Crippen molar-refractivity contribution in [2.45, 2.75) is 6.92 Å². The monoisotopic (exact) mass is 238 g/mol. The molecule has 1 heterocycles. The van der Waals surface area contributed by atoms with Gasteiger partial charge in [-0.15, -0.1) is 0 Å². The summed E-state index contributed by atoms with van der Waals surface area (Å²) in [5, 5.41) is 14.9. The zero-order chi connectivity index (χ0) is 12.8. The second kappa shape index (κ2) is 5.54. The average molecular weight is 238 g/mol. The normalized spacial score (nSPS) is 9.47. The molecule has 0 aliphatic carbocycles. The van der Waals surface area contributed by atoms with Gasteiger partial charge in [-0.25, -0.2) is 9.78 Å². The van der Waals surface area contributed by atoms with Crippen molar-refractivity contribution in [1.29, 1.82) is 0 Å². The molecule has 3 amide bonds. The van der Waals surface area contributed by atoms with Crippen LogP contribution in [0.15, 0.2) is 18.3 Å². The Kier molecular flexibility index (Phi) is 4.09. The van der Waals surface area contributed by atoms with Crippen LogP contribution in [0.25, 0.3) is 0 Å². The van der Waals surface area contributed by atoms with E-state index in [4.69, 9.17) is 0 Å². The fourth-order valence-electron chi connectivity index (χ4n) is 1.09. The summed E-state index contributed by atoms with van der Waals surface area (Å²) < 4.78 is 0. The molecule has 0 fully saturated rings. The van der Waals surface area contributed by atoms with E-state index >= 15 is 0 Å². The topological polar surface area (TPSA) is 114 Å². The Morgan fingerprint density at radius 2 is 2.24 bits per heavy atom. The highest BCUT2D eigenvalue weighted by Gasteiger charge is 2.22. The number of nitrogens with one attached hydrogen (secondary N) is 2. The number of aromatic nitrogens is 1. The summed E-state index contributed by atoms with van der Waals surface area (Å²) in [6, 6.07) is 1.75. The van der Waals surface area contributed by atoms with Gasteiger partial charge in [-0.2, -0.15) is 0 Å². The van der Waals surface area contributed by atoms with Gasteiger partial charge in [0.2, 0.25) is 5.69 Å². The molecule has 0 radical (unpaired) electrons. The predicted octanol–water partition coefficient (Wildman–Crippen LogP) is 0.449. The summed E-state index contributed by atoms with van der Waals surface area (Å²) in [7, 11) is 0. The van der Waals surface area contributed by atoms with Gasteiger partial charge in [0.15, 0.2) is 0 Å². The van der Waals surface area contributed by atoms with Crippen molar-refractivity contribution in [1.82, 2.24) is 15.6 Å². The lowest BCUT2D eigenvalue weighted by atomic mass is 10.3. The number of nitro groups is 1. The number of hydrogen-bond donors (Lipinski definition) is 2. The lowest BCUT2D eigenvalue weighted by Crippen LogP contribution is -2.39. The maximum atomic E-state index is 11.5. The van der Waals surface area contributed by atoms with E-state index in [1.807, 2.05) is 5.32 Å². The Hall–Kier alpha value is -2.51. The van der Waals surface area contributed by atoms with E-state index in [0.29, 0.717) is 6.54 Å². The zero-order valence-corrected chi connectivity index (χ0v) is 8.97. The van der Waals surface area contributed by atoms with E-state index in [1.165, 1.54) is 12.3 Å². The molecule has 0 unspecified atom stereocenters. The molecular formula is C9H10N4O4. The number of hydrogen-bond acceptors (Lipinski definition) is 5. The van der Waals surface area contributed by atoms with Crippen LogP contribution in [-0.4, -0.2) is 28.4 Å². The number of nitrogens with zero attached hydrogens (tertiary/aromatic N) is 2. The molecule has 17 heavy (non-hydrogen) atoms. The molecule has 0 aliphatic rings. The van der Waals surface area contributed by atoms with Gasteiger partial charge in [-0.05, 0) is 13.0 Å². The summed E-state index contributed by atoms with van der Waals surface area (Å²) in [6.07, 6.45) is 1.24. The van der Waals surface area contributed by atoms with Crippen molar-refractivity contribution in [3.63, 3.8) is 0 Å². The number of amides is 3. The first-order valence-corrected chi connectivity index (χ1v) is 4.74. The van der Waals surface area contributed by atoms with Crippen molar-refractivity contribution in [3.05, 3.63) is 34.1 Å². The Labute approximate surface area is 96.2 Å². The van der Waals surface area contributed by atoms with E-state index in [0.717, 1.165) is 6.07 Å². The number of urea groups is 1. The van der Waals surface area contributed by atoms with Gasteiger partial charge in [-0.1, -0.05) is 0 Å². The Balaban J connectivity index is 2.89. The van der Waals surface area contributed by atoms with Crippen LogP contribution >= 0.6 is 0 Å². The van der Waals surface area contributed by atoms with Crippen LogP contribution in [-0.2, 0) is 0 Å². The maximum absolute atomic E-state index is 11.5. The lowest BCUT2D eigenvalue weighted by Gasteiger charge is -2.04. The van der Waals surface area contributed by atoms with Gasteiger partial charge in [0, 0.05) is 18.8 Å². The fourth-order valence-corrected chi connectivity index (χ4v) is 1.09. The van der Waals surface area contributed by atoms with Crippen LogP contribution in [0.4, 0.5) is 10.5 Å². The minimum atomic E-state index is -0.914. The highest BCUT2D eigenvalue weighted by atomic mass is 16.6. The van der Waals surface area contributed by atoms with Crippen molar-refractivity contribution in [3.8, 4) is 0 Å². The third-order valence-corrected chi connectivity index (χ3v) is 1.76. The highest BCUT2D eigenvalue weighted by molar-refractivity contribution is 6.05. The Morgan fingerprint density at radius 3 is 2.82 bits per heavy atom. The van der Waals surface area contributed by atoms with Crippen molar-refractivity contribution in [2.24, 2.45) is 0 Å². The molecule has 1 aromatic rings. The standard InChI is InChI=1S/C9H10N4O4/c1-2-10-9(15)12-8(14)7-6(13(16)17)4-3-5-11-7/h3-5H,2H2,1H3,(H2,10,12,14,15). The second-order valence-electron chi connectivity index (χ2n) is 2.94. The number of rotatable bonds is 3. The van der Waals surface area contributed by atoms with Crippen LogP contribution in [0.1, 0.15) is 17.4 Å². The fraction of sp³-hybridized carbons (Fsp3) is 0.222. The third-order valence-electron chi connectivity index (χ3n) is 1.76. The first-order chi connectivity index (χ1) is 8.06. The van der Waals surface area contributed by atoms with Crippen LogP contribution in [0.5, 0.6) is 0 Å². The van der Waals surface area contributed by atoms with E-state index in [-0.39, 0.29) is 0 Å². The third kappa shape index (κ3) is 3.23. The van der Waals surface area contributed by atoms with E-state index < -0.39 is 28.2 Å². The molecule has 1 aromatic heterocycles. The molecule has 0 spiro atoms. The van der Waals surface area contributed by atoms with Crippen molar-refractivity contribution < 1.29 is 14.5 Å². The lowest BCUT2D eigenvalue weighted by molar-refractivity contribution is -0.385. The van der Waals surface area contributed by atoms with E-state index in [9.17, 15) is 19.7 Å². The summed E-state index contributed by atoms with van der Waals surface area (Å²) in [6.45, 7) is 2.01. The molecule has 8 heteroatoms. The highest BCUT2D eigenvalue weighted by Crippen LogP contribution is 2.14. The first kappa shape index (κ1) is 12.6. The number of carbonyl (C=O) groups excluding carboxylic acids is 2. The minimum Gasteiger partial charge on any atom is -0.338 e. The number of imide groups is 1. The summed E-state index contributed by atoms with van der Waals surface area (Å²) in [5.41, 5.74) is -0.849. The molecule has 2 N–H and O–H groups in total. The molecular weight excluding hydrogens is 228 g/mol. The molecule has 1 rings (SSSR count). The Morgan fingerprint density at radius 1 is 1.53 bits per heavy atom. The molecule has 0 atom stereocenters. The second-order valence-corrected chi connectivity index (χ2v) is 2.94. The van der Waals surface area contributed by atoms with Gasteiger partial charge >= 0.3 is 11.7 Å². The molecule has 0 aliphatic heterocycles. The van der Waals surface area contributed by atoms with E-state index in [2.05, 4.69) is 10.3 Å². The smallest absolute Gasteiger partial charge is 0.321 e. The quantitative estimate of drug-likeness (QED) is 0.586. The zero-order valence-electron chi connectivity index (χ0n) is 8.97. The van der Waals surface area contributed by atoms with Crippen LogP contribution in [0.3, 0.4) is 0 Å². The first-order valence-electron chi connectivity index (χ1n) is 4.74. The largest absolute Gasteiger partial charge is 0.338 e. The molecule has 8 nitrogen and oxygen atoms in total. The van der Waals surface area contributed by atoms with Gasteiger partial charge in [-0.3, -0.25) is 20.2 Å². The molecule has 90 valence electrons. The number of pyridine rings is 1. The molecule has 0 saturated carbocycles. The summed E-state index contributed by atoms with van der Waals surface area (Å²) in [5.74, 6) is -0.914. The molecule has 0 aromatic carbocycles. The van der Waals surface area contributed by atoms with Crippen LogP contribution in [0, 0.1) is 10.1 Å². The van der Waals surface area contributed by atoms with Gasteiger partial charge < -0.3 is 5.32 Å². The average Bonchev–Trinajstić information content (AvgIpc) is 2.29. The van der Waals surface area contributed by atoms with Crippen molar-refractivity contribution >= 4 is 17.6 Å². The minimum absolute atomic E-state index is 0.337. The van der Waals surface area contributed by atoms with Gasteiger partial charge in [0.05, 0.1) is 4.92 Å². The summed E-state index contributed by atoms with van der Waals surface area (Å²) in [4.78, 5) is 36.0. The SMILES string of the molecule is CCNC(=O)NC(=O)c1ncccc1[N+](=O)[O-]. The molecule has 0 saturated heterocycles. The number of carbonyl (C=O) groups is 2. The summed E-state index contributed by atoms with van der Waals surface area (Å²) >= 11 is 0. The van der Waals surface area contributed by atoms with Crippen LogP contribution in [0.2, 0.25) is 0 Å². The predicted molar refractivity (Wildman–Crippen MR) is 57.4 cm³/mol. The maximum Gasteiger partial charge on any atom is 0.321 e. The van der Waals surface area contributed by atoms with Crippen LogP contribution < -0.4 is 10.6 Å². The van der Waals surface area contributed by atoms with Crippen molar-refractivity contribution in [2.75, 3.05) is 6.54 Å². The molecule has 0 bridgehead atoms. The van der Waals surface area contributed by atoms with E-state index in [1.54, 1.807) is 6.92 Å².